The summed E-state index contributed by atoms with van der Waals surface area (Å²) in [6.45, 7) is 19.0. The Hall–Kier alpha value is -12.4. The number of fused-ring (bicyclic) bond motifs is 6. The molecule has 27 nitrogen and oxygen atoms in total. The highest BCUT2D eigenvalue weighted by Crippen LogP contribution is 2.43. The molecule has 16 aromatic rings. The third-order valence-corrected chi connectivity index (χ3v) is 27.9. The van der Waals surface area contributed by atoms with Gasteiger partial charge in [0.25, 0.3) is 11.4 Å². The van der Waals surface area contributed by atoms with Crippen LogP contribution in [0.25, 0.3) is 61.3 Å². The molecule has 0 unspecified atom stereocenters. The molecule has 10 aromatic carbocycles. The van der Waals surface area contributed by atoms with Crippen LogP contribution in [0.4, 0.5) is 42.2 Å². The van der Waals surface area contributed by atoms with Crippen molar-refractivity contribution >= 4 is 241 Å². The molecule has 6 aromatic heterocycles. The standard InChI is InChI=1S/C18H24N4S2.C16H15N3OS.C15H12ClN3S.2C15H12N4O2S.C15H20N4S2/c1-17(2,3)12-8-10-18(11-9-12)20-15(23)22(21-18)16-19-13-6-4-5-7-14(13)24-16;1-11(12-7-9-13(20-2)10-8-12)18-19-16-17-14-5-3-4-6-15(14)21-16;1-10(11-6-8-12(16)9-7-11)18-19-15-17-13-4-2-3-5-14(13)20-15;1-10(11-5-4-6-12(9-11)19(20)21)17-18-15-16-13-7-2-3-8-14(13)22-15;1-10(11-6-8-12(9-7-11)19(20)21)17-18-15-16-13-4-2-3-5-14(13)22-15;1-3-9-15(10-4-2)17-13(20)19(18-15)14-16-11-7-5-6-8-12(11)21-14/h4-7,12,21H,8-11H2,1-3H3,(H,20,23);3-10H,1-2H3,(H,17,19);2-9H,1H3,(H,17,19);2*2-9H,1H3,(H,16,18);5-8,18H,3-4,9-10H2,1-2H3,(H,17,20)/b;18-11-;18-10+;2*17-10+;. The Bertz CT molecular complexity index is 6570. The van der Waals surface area contributed by atoms with Gasteiger partial charge in [-0.2, -0.15) is 20.4 Å². The molecule has 666 valence electrons. The minimum absolute atomic E-state index is 0.0482. The predicted octanol–water partition coefficient (Wildman–Crippen LogP) is 25.2. The largest absolute Gasteiger partial charge is 0.497 e. The second-order valence-corrected chi connectivity index (χ2v) is 38.9. The third-order valence-electron chi connectivity index (χ3n) is 21.3. The van der Waals surface area contributed by atoms with Gasteiger partial charge in [-0.05, 0) is 240 Å². The van der Waals surface area contributed by atoms with Crippen molar-refractivity contribution in [1.82, 2.24) is 51.4 Å². The van der Waals surface area contributed by atoms with Crippen molar-refractivity contribution in [2.75, 3.05) is 38.8 Å². The lowest BCUT2D eigenvalue weighted by Crippen LogP contribution is -2.54. The van der Waals surface area contributed by atoms with Gasteiger partial charge in [0.05, 0.1) is 101 Å². The number of rotatable bonds is 21. The number of nitrogens with zero attached hydrogens (tertiary/aromatic N) is 14. The number of benzene rings is 10. The molecular formula is C94H95ClN22O5S8. The van der Waals surface area contributed by atoms with E-state index >= 15 is 0 Å². The van der Waals surface area contributed by atoms with Gasteiger partial charge in [0.1, 0.15) is 17.1 Å². The minimum Gasteiger partial charge on any atom is -0.497 e. The number of halogens is 1. The van der Waals surface area contributed by atoms with Crippen LogP contribution < -0.4 is 57.9 Å². The minimum atomic E-state index is -0.421. The number of nitro benzene ring substituents is 2. The molecule has 130 heavy (non-hydrogen) atoms. The summed E-state index contributed by atoms with van der Waals surface area (Å²) in [4.78, 5) is 47.8. The normalized spacial score (nSPS) is 15.6. The van der Waals surface area contributed by atoms with Crippen LogP contribution in [0, 0.1) is 31.6 Å². The van der Waals surface area contributed by atoms with Crippen LogP contribution in [0.2, 0.25) is 5.02 Å². The molecule has 0 atom stereocenters. The maximum atomic E-state index is 10.8. The lowest BCUT2D eigenvalue weighted by Gasteiger charge is -2.41. The molecule has 3 aliphatic rings. The van der Waals surface area contributed by atoms with E-state index in [1.807, 2.05) is 207 Å². The number of anilines is 6. The van der Waals surface area contributed by atoms with Gasteiger partial charge in [-0.1, -0.05) is 224 Å². The van der Waals surface area contributed by atoms with Crippen molar-refractivity contribution in [3.05, 3.63) is 290 Å². The first-order chi connectivity index (χ1) is 62.8. The molecule has 8 N–H and O–H groups in total. The molecule has 2 saturated heterocycles. The molecule has 0 radical (unpaired) electrons. The Morgan fingerprint density at radius 3 is 1.15 bits per heavy atom. The number of aromatic nitrogens is 6. The zero-order valence-corrected chi connectivity index (χ0v) is 80.1. The Labute approximate surface area is 791 Å². The van der Waals surface area contributed by atoms with Crippen LogP contribution in [-0.4, -0.2) is 91.3 Å². The smallest absolute Gasteiger partial charge is 0.270 e. The van der Waals surface area contributed by atoms with Crippen LogP contribution in [0.1, 0.15) is 136 Å². The number of methoxy groups -OCH3 is 1. The van der Waals surface area contributed by atoms with Crippen molar-refractivity contribution in [2.24, 2.45) is 31.7 Å². The fourth-order valence-electron chi connectivity index (χ4n) is 14.4. The Balaban J connectivity index is 0.000000126. The summed E-state index contributed by atoms with van der Waals surface area (Å²) in [6.07, 6.45) is 8.93. The summed E-state index contributed by atoms with van der Waals surface area (Å²) in [5.41, 5.74) is 32.0. The van der Waals surface area contributed by atoms with Gasteiger partial charge in [0, 0.05) is 34.9 Å². The van der Waals surface area contributed by atoms with E-state index in [0.29, 0.717) is 27.0 Å². The number of hydrazone groups is 4. The number of thiocarbonyl (C=S) groups is 2. The molecule has 3 fully saturated rings. The van der Waals surface area contributed by atoms with Crippen molar-refractivity contribution in [3.63, 3.8) is 0 Å². The number of nitro groups is 2. The Kier molecular flexibility index (Phi) is 31.3. The van der Waals surface area contributed by atoms with Crippen LogP contribution in [0.15, 0.2) is 263 Å². The molecule has 2 aliphatic heterocycles. The van der Waals surface area contributed by atoms with E-state index in [1.165, 1.54) is 69.2 Å². The Morgan fingerprint density at radius 1 is 0.454 bits per heavy atom. The average Bonchev–Trinajstić information content (AvgIpc) is 1.62. The zero-order valence-electron chi connectivity index (χ0n) is 72.8. The first-order valence-corrected chi connectivity index (χ1v) is 47.9. The number of hydrogen-bond acceptors (Lipinski definition) is 29. The van der Waals surface area contributed by atoms with E-state index in [-0.39, 0.29) is 22.7 Å². The van der Waals surface area contributed by atoms with Gasteiger partial charge in [0.2, 0.25) is 30.8 Å². The second kappa shape index (κ2) is 43.4. The zero-order chi connectivity index (χ0) is 91.5. The molecule has 0 amide bonds. The van der Waals surface area contributed by atoms with Gasteiger partial charge in [-0.15, -0.1) is 0 Å². The number of hydrazine groups is 2. The maximum Gasteiger partial charge on any atom is 0.270 e. The highest BCUT2D eigenvalue weighted by Gasteiger charge is 2.46. The van der Waals surface area contributed by atoms with Gasteiger partial charge >= 0.3 is 0 Å². The number of thiazole rings is 6. The molecule has 1 saturated carbocycles. The monoisotopic (exact) mass is 1900 g/mol. The first kappa shape index (κ1) is 93.7. The molecule has 1 spiro atoms. The van der Waals surface area contributed by atoms with E-state index in [0.717, 1.165) is 172 Å². The number of para-hydroxylation sites is 6. The van der Waals surface area contributed by atoms with Crippen molar-refractivity contribution in [1.29, 1.82) is 0 Å². The fraction of sp³-hybridized carbons (Fsp3) is 0.234. The van der Waals surface area contributed by atoms with Crippen LogP contribution in [-0.2, 0) is 0 Å². The van der Waals surface area contributed by atoms with Crippen molar-refractivity contribution in [3.8, 4) is 5.75 Å². The van der Waals surface area contributed by atoms with E-state index in [9.17, 15) is 20.2 Å². The van der Waals surface area contributed by atoms with Gasteiger partial charge in [-0.25, -0.2) is 50.8 Å². The summed E-state index contributed by atoms with van der Waals surface area (Å²) in [5, 5.41) is 56.6. The predicted molar refractivity (Wildman–Crippen MR) is 551 cm³/mol. The second-order valence-electron chi connectivity index (χ2n) is 31.5. The van der Waals surface area contributed by atoms with Crippen LogP contribution >= 0.6 is 104 Å². The quantitative estimate of drug-likeness (QED) is 0.0143. The van der Waals surface area contributed by atoms with Crippen LogP contribution in [0.5, 0.6) is 5.75 Å². The van der Waals surface area contributed by atoms with E-state index in [2.05, 4.69) is 141 Å². The SMILES string of the molecule is C/C(=N\Nc1nc2ccccc2s1)c1ccc(Cl)cc1.C/C(=N\Nc1nc2ccccc2s1)c1ccc([N+](=O)[O-])cc1.C/C(=N\Nc1nc2ccccc2s1)c1cccc([N+](=O)[O-])c1.CC(C)(C)C1CCC2(CC1)NC(=S)N(c1nc3ccccc3s1)N2.CCCC1(CCC)NC(=S)N(c2nc3ccccc3s2)N1.COc1ccc(/C(C)=N\Nc2nc3ccccc3s2)cc1. The number of hydrogen-bond donors (Lipinski definition) is 8. The summed E-state index contributed by atoms with van der Waals surface area (Å²) in [5.74, 6) is 1.61. The number of ether oxygens (including phenoxy) is 1. The molecule has 8 heterocycles. The molecule has 1 aliphatic carbocycles. The molecule has 36 heteroatoms. The van der Waals surface area contributed by atoms with Crippen LogP contribution in [0.3, 0.4) is 0 Å². The van der Waals surface area contributed by atoms with Crippen molar-refractivity contribution in [2.45, 2.75) is 125 Å². The number of nitrogens with one attached hydrogen (secondary N) is 8. The lowest BCUT2D eigenvalue weighted by molar-refractivity contribution is -0.385. The van der Waals surface area contributed by atoms with Crippen molar-refractivity contribution < 1.29 is 14.6 Å². The van der Waals surface area contributed by atoms with E-state index < -0.39 is 9.85 Å². The topological polar surface area (TPSA) is 325 Å². The maximum absolute atomic E-state index is 10.8. The summed E-state index contributed by atoms with van der Waals surface area (Å²) in [7, 11) is 1.66. The lowest BCUT2D eigenvalue weighted by atomic mass is 9.70. The molecule has 19 rings (SSSR count). The summed E-state index contributed by atoms with van der Waals surface area (Å²) >= 11 is 26.5. The van der Waals surface area contributed by atoms with Gasteiger partial charge in [0.15, 0.2) is 10.2 Å². The summed E-state index contributed by atoms with van der Waals surface area (Å²) in [6, 6.07) is 76.2. The molecular weight excluding hydrogens is 1810 g/mol. The molecule has 0 bridgehead atoms. The highest BCUT2D eigenvalue weighted by molar-refractivity contribution is 7.80. The average molecular weight is 1900 g/mol. The third kappa shape index (κ3) is 24.4. The number of non-ortho nitro benzene ring substituents is 2. The van der Waals surface area contributed by atoms with E-state index in [4.69, 9.17) is 45.8 Å². The Morgan fingerprint density at radius 2 is 0.792 bits per heavy atom. The van der Waals surface area contributed by atoms with Gasteiger partial charge < -0.3 is 15.4 Å². The summed E-state index contributed by atoms with van der Waals surface area (Å²) < 4.78 is 12.0. The van der Waals surface area contributed by atoms with Gasteiger partial charge in [-0.3, -0.25) is 41.9 Å². The fourth-order valence-corrected chi connectivity index (χ4v) is 20.4. The van der Waals surface area contributed by atoms with E-state index in [1.54, 1.807) is 83.6 Å². The highest BCUT2D eigenvalue weighted by atomic mass is 35.5. The first-order valence-electron chi connectivity index (χ1n) is 41.8.